The summed E-state index contributed by atoms with van der Waals surface area (Å²) < 4.78 is 13.9. The molecule has 2 aromatic carbocycles. The number of H-pyrrole nitrogens is 2. The summed E-state index contributed by atoms with van der Waals surface area (Å²) in [6.45, 7) is 2.42. The smallest absolute Gasteiger partial charge is 0.275 e. The van der Waals surface area contributed by atoms with E-state index in [1.54, 1.807) is 11.0 Å². The molecule has 2 aromatic heterocycles. The van der Waals surface area contributed by atoms with Crippen LogP contribution in [0.25, 0.3) is 10.9 Å². The fourth-order valence-electron chi connectivity index (χ4n) is 4.18. The van der Waals surface area contributed by atoms with E-state index in [2.05, 4.69) is 21.2 Å². The first-order valence-electron chi connectivity index (χ1n) is 9.30. The Morgan fingerprint density at radius 3 is 2.89 bits per heavy atom. The number of para-hydroxylation sites is 1. The summed E-state index contributed by atoms with van der Waals surface area (Å²) in [5.41, 5.74) is 5.11. The number of carbonyl (C=O) groups is 1. The highest BCUT2D eigenvalue weighted by Gasteiger charge is 2.41. The van der Waals surface area contributed by atoms with Crippen LogP contribution in [0.3, 0.4) is 0 Å². The molecule has 1 amide bonds. The van der Waals surface area contributed by atoms with Gasteiger partial charge in [0.25, 0.3) is 5.91 Å². The summed E-state index contributed by atoms with van der Waals surface area (Å²) in [5.74, 6) is -0.426. The van der Waals surface area contributed by atoms with Gasteiger partial charge in [-0.3, -0.25) is 9.89 Å². The fourth-order valence-corrected chi connectivity index (χ4v) is 4.18. The van der Waals surface area contributed by atoms with Crippen molar-refractivity contribution in [3.63, 3.8) is 0 Å². The minimum absolute atomic E-state index is 0.117. The number of benzene rings is 2. The number of nitrogens with one attached hydrogen (secondary N) is 2. The van der Waals surface area contributed by atoms with E-state index in [4.69, 9.17) is 0 Å². The van der Waals surface area contributed by atoms with Crippen molar-refractivity contribution in [1.82, 2.24) is 20.1 Å². The van der Waals surface area contributed by atoms with Gasteiger partial charge in [0.15, 0.2) is 5.69 Å². The third kappa shape index (κ3) is 2.52. The van der Waals surface area contributed by atoms with Crippen molar-refractivity contribution in [1.29, 1.82) is 0 Å². The minimum Gasteiger partial charge on any atom is -0.361 e. The Hall–Kier alpha value is -3.41. The Balaban J connectivity index is 1.51. The van der Waals surface area contributed by atoms with Gasteiger partial charge < -0.3 is 9.88 Å². The maximum atomic E-state index is 13.9. The molecule has 6 heteroatoms. The first kappa shape index (κ1) is 16.7. The molecule has 0 saturated heterocycles. The minimum atomic E-state index is -0.331. The van der Waals surface area contributed by atoms with Gasteiger partial charge in [-0.2, -0.15) is 5.10 Å². The molecule has 28 heavy (non-hydrogen) atoms. The van der Waals surface area contributed by atoms with Crippen molar-refractivity contribution in [3.8, 4) is 0 Å². The number of aromatic nitrogens is 3. The zero-order valence-electron chi connectivity index (χ0n) is 15.4. The summed E-state index contributed by atoms with van der Waals surface area (Å²) >= 11 is 0. The Morgan fingerprint density at radius 2 is 2.04 bits per heavy atom. The van der Waals surface area contributed by atoms with Crippen molar-refractivity contribution < 1.29 is 9.18 Å². The molecule has 0 fully saturated rings. The van der Waals surface area contributed by atoms with Crippen LogP contribution < -0.4 is 0 Å². The largest absolute Gasteiger partial charge is 0.361 e. The molecule has 5 nitrogen and oxygen atoms in total. The SMILES string of the molecule is Cc1[nH]nc2c1C(c1cccc(F)c1)N(CCc1c[nH]c3ccccc13)C2=O. The second-order valence-electron chi connectivity index (χ2n) is 7.18. The summed E-state index contributed by atoms with van der Waals surface area (Å²) in [6.07, 6.45) is 2.70. The van der Waals surface area contributed by atoms with Gasteiger partial charge in [-0.05, 0) is 42.7 Å². The summed E-state index contributed by atoms with van der Waals surface area (Å²) in [4.78, 5) is 18.1. The van der Waals surface area contributed by atoms with E-state index < -0.39 is 0 Å². The van der Waals surface area contributed by atoms with Gasteiger partial charge >= 0.3 is 0 Å². The predicted molar refractivity (Wildman–Crippen MR) is 105 cm³/mol. The number of aryl methyl sites for hydroxylation is 1. The maximum Gasteiger partial charge on any atom is 0.275 e. The quantitative estimate of drug-likeness (QED) is 0.564. The number of carbonyl (C=O) groups excluding carboxylic acids is 1. The predicted octanol–water partition coefficient (Wildman–Crippen LogP) is 4.13. The highest BCUT2D eigenvalue weighted by atomic mass is 19.1. The lowest BCUT2D eigenvalue weighted by Crippen LogP contribution is -2.31. The highest BCUT2D eigenvalue weighted by Crippen LogP contribution is 2.39. The Labute approximate surface area is 161 Å². The molecule has 3 heterocycles. The molecule has 0 radical (unpaired) electrons. The van der Waals surface area contributed by atoms with Crippen LogP contribution in [-0.2, 0) is 6.42 Å². The molecule has 0 saturated carbocycles. The lowest BCUT2D eigenvalue weighted by atomic mass is 9.99. The fraction of sp³-hybridized carbons (Fsp3) is 0.182. The van der Waals surface area contributed by atoms with Crippen LogP contribution >= 0.6 is 0 Å². The van der Waals surface area contributed by atoms with Gasteiger partial charge in [0.2, 0.25) is 0 Å². The zero-order chi connectivity index (χ0) is 19.3. The van der Waals surface area contributed by atoms with Crippen LogP contribution in [0.15, 0.2) is 54.7 Å². The van der Waals surface area contributed by atoms with Crippen molar-refractivity contribution in [2.45, 2.75) is 19.4 Å². The van der Waals surface area contributed by atoms with Crippen molar-refractivity contribution in [3.05, 3.63) is 88.6 Å². The normalized spacial score (nSPS) is 16.1. The molecule has 0 aliphatic carbocycles. The molecule has 0 bridgehead atoms. The summed E-state index contributed by atoms with van der Waals surface area (Å²) in [7, 11) is 0. The second-order valence-corrected chi connectivity index (χ2v) is 7.18. The Bertz CT molecular complexity index is 1190. The molecule has 1 atom stereocenters. The molecular weight excluding hydrogens is 355 g/mol. The standard InChI is InChI=1S/C22H19FN4O/c1-13-19-20(26-25-13)22(28)27(21(19)14-5-4-6-16(23)11-14)10-9-15-12-24-18-8-3-2-7-17(15)18/h2-8,11-12,21,24H,9-10H2,1H3,(H,25,26). The number of hydrogen-bond donors (Lipinski definition) is 2. The van der Waals surface area contributed by atoms with Gasteiger partial charge in [-0.1, -0.05) is 30.3 Å². The summed E-state index contributed by atoms with van der Waals surface area (Å²) in [6, 6.07) is 14.2. The van der Waals surface area contributed by atoms with E-state index in [1.165, 1.54) is 12.1 Å². The number of rotatable bonds is 4. The third-order valence-electron chi connectivity index (χ3n) is 5.50. The van der Waals surface area contributed by atoms with E-state index >= 15 is 0 Å². The monoisotopic (exact) mass is 374 g/mol. The van der Waals surface area contributed by atoms with Gasteiger partial charge in [0.1, 0.15) is 5.82 Å². The van der Waals surface area contributed by atoms with Crippen LogP contribution in [0.1, 0.15) is 38.9 Å². The van der Waals surface area contributed by atoms with Gasteiger partial charge in [0, 0.05) is 34.9 Å². The highest BCUT2D eigenvalue weighted by molar-refractivity contribution is 5.98. The molecule has 4 aromatic rings. The average Bonchev–Trinajstić information content (AvgIpc) is 3.35. The van der Waals surface area contributed by atoms with Crippen molar-refractivity contribution >= 4 is 16.8 Å². The van der Waals surface area contributed by atoms with Gasteiger partial charge in [-0.25, -0.2) is 4.39 Å². The van der Waals surface area contributed by atoms with Crippen molar-refractivity contribution in [2.24, 2.45) is 0 Å². The topological polar surface area (TPSA) is 64.8 Å². The van der Waals surface area contributed by atoms with Gasteiger partial charge in [0.05, 0.1) is 6.04 Å². The molecule has 1 unspecified atom stereocenters. The molecule has 1 aliphatic rings. The molecule has 0 spiro atoms. The Kier molecular flexibility index (Phi) is 3.79. The van der Waals surface area contributed by atoms with E-state index in [9.17, 15) is 9.18 Å². The molecule has 5 rings (SSSR count). The van der Waals surface area contributed by atoms with Crippen LogP contribution in [-0.4, -0.2) is 32.5 Å². The van der Waals surface area contributed by atoms with Crippen molar-refractivity contribution in [2.75, 3.05) is 6.54 Å². The van der Waals surface area contributed by atoms with E-state index in [1.807, 2.05) is 37.4 Å². The lowest BCUT2D eigenvalue weighted by Gasteiger charge is -2.26. The Morgan fingerprint density at radius 1 is 1.18 bits per heavy atom. The average molecular weight is 374 g/mol. The first-order valence-corrected chi connectivity index (χ1v) is 9.30. The number of hydrogen-bond acceptors (Lipinski definition) is 2. The number of amides is 1. The lowest BCUT2D eigenvalue weighted by molar-refractivity contribution is 0.0745. The second kappa shape index (κ2) is 6.34. The molecular formula is C22H19FN4O. The number of nitrogens with zero attached hydrogens (tertiary/aromatic N) is 2. The summed E-state index contributed by atoms with van der Waals surface area (Å²) in [5, 5.41) is 8.26. The number of fused-ring (bicyclic) bond motifs is 2. The third-order valence-corrected chi connectivity index (χ3v) is 5.50. The van der Waals surface area contributed by atoms with Crippen LogP contribution in [0, 0.1) is 12.7 Å². The number of aromatic amines is 2. The number of halogens is 1. The van der Waals surface area contributed by atoms with Crippen LogP contribution in [0.2, 0.25) is 0 Å². The van der Waals surface area contributed by atoms with Gasteiger partial charge in [-0.15, -0.1) is 0 Å². The van der Waals surface area contributed by atoms with Crippen LogP contribution in [0.4, 0.5) is 4.39 Å². The zero-order valence-corrected chi connectivity index (χ0v) is 15.4. The molecule has 2 N–H and O–H groups in total. The first-order chi connectivity index (χ1) is 13.6. The molecule has 140 valence electrons. The molecule has 1 aliphatic heterocycles. The maximum absolute atomic E-state index is 13.9. The van der Waals surface area contributed by atoms with E-state index in [0.717, 1.165) is 33.3 Å². The van der Waals surface area contributed by atoms with Crippen LogP contribution in [0.5, 0.6) is 0 Å². The van der Waals surface area contributed by atoms with E-state index in [-0.39, 0.29) is 17.8 Å². The van der Waals surface area contributed by atoms with E-state index in [0.29, 0.717) is 18.7 Å².